The molecule has 1 saturated heterocycles. The van der Waals surface area contributed by atoms with Crippen LogP contribution in [-0.2, 0) is 10.7 Å². The summed E-state index contributed by atoms with van der Waals surface area (Å²) in [6.45, 7) is 4.34. The molecule has 0 aromatic heterocycles. The average Bonchev–Trinajstić information content (AvgIpc) is 2.42. The molecular formula is C15H20F2N2O. The number of alkyl halides is 2. The van der Waals surface area contributed by atoms with Crippen LogP contribution in [0.3, 0.4) is 0 Å². The summed E-state index contributed by atoms with van der Waals surface area (Å²) in [6, 6.07) is 7.14. The van der Waals surface area contributed by atoms with Crippen LogP contribution in [0.1, 0.15) is 25.8 Å². The normalized spacial score (nSPS) is 22.6. The third-order valence-corrected chi connectivity index (χ3v) is 4.00. The fraction of sp³-hybridized carbons (Fsp3) is 0.533. The van der Waals surface area contributed by atoms with Crippen molar-refractivity contribution in [1.29, 1.82) is 0 Å². The van der Waals surface area contributed by atoms with Gasteiger partial charge in [-0.3, -0.25) is 4.79 Å². The van der Waals surface area contributed by atoms with Crippen LogP contribution in [0.4, 0.5) is 8.78 Å². The van der Waals surface area contributed by atoms with Gasteiger partial charge in [-0.1, -0.05) is 44.2 Å². The molecule has 3 nitrogen and oxygen atoms in total. The van der Waals surface area contributed by atoms with Crippen LogP contribution >= 0.6 is 0 Å². The highest BCUT2D eigenvalue weighted by atomic mass is 19.3. The van der Waals surface area contributed by atoms with Crippen molar-refractivity contribution in [3.63, 3.8) is 0 Å². The standard InChI is InChI=1S/C15H20F2N2O/c1-14(2)10-19(9-8-12(14)18)13(20)15(16,17)11-6-4-3-5-7-11/h3-7,12H,8-10,18H2,1-2H3. The Morgan fingerprint density at radius 1 is 1.35 bits per heavy atom. The Bertz CT molecular complexity index is 488. The Kier molecular flexibility index (Phi) is 3.82. The van der Waals surface area contributed by atoms with Gasteiger partial charge in [0.1, 0.15) is 0 Å². The molecule has 1 aromatic carbocycles. The van der Waals surface area contributed by atoms with Crippen molar-refractivity contribution >= 4 is 5.91 Å². The Balaban J connectivity index is 2.19. The highest BCUT2D eigenvalue weighted by molar-refractivity contribution is 5.85. The lowest BCUT2D eigenvalue weighted by molar-refractivity contribution is -0.162. The summed E-state index contributed by atoms with van der Waals surface area (Å²) < 4.78 is 28.5. The summed E-state index contributed by atoms with van der Waals surface area (Å²) in [6.07, 6.45) is 0.545. The minimum absolute atomic E-state index is 0.0723. The van der Waals surface area contributed by atoms with E-state index in [9.17, 15) is 13.6 Å². The molecule has 0 radical (unpaired) electrons. The first kappa shape index (κ1) is 14.9. The van der Waals surface area contributed by atoms with E-state index in [1.165, 1.54) is 29.2 Å². The van der Waals surface area contributed by atoms with Crippen LogP contribution < -0.4 is 5.73 Å². The van der Waals surface area contributed by atoms with E-state index in [1.54, 1.807) is 6.07 Å². The molecule has 5 heteroatoms. The van der Waals surface area contributed by atoms with Gasteiger partial charge in [-0.05, 0) is 11.8 Å². The molecular weight excluding hydrogens is 262 g/mol. The van der Waals surface area contributed by atoms with Crippen molar-refractivity contribution in [2.24, 2.45) is 11.1 Å². The van der Waals surface area contributed by atoms with Crippen LogP contribution in [0, 0.1) is 5.41 Å². The number of hydrogen-bond donors (Lipinski definition) is 1. The zero-order chi connectivity index (χ0) is 15.0. The number of likely N-dealkylation sites (tertiary alicyclic amines) is 1. The van der Waals surface area contributed by atoms with Gasteiger partial charge in [0, 0.05) is 24.7 Å². The smallest absolute Gasteiger partial charge is 0.337 e. The zero-order valence-corrected chi connectivity index (χ0v) is 11.8. The lowest BCUT2D eigenvalue weighted by atomic mass is 9.79. The molecule has 1 fully saturated rings. The van der Waals surface area contributed by atoms with Crippen molar-refractivity contribution < 1.29 is 13.6 Å². The maximum Gasteiger partial charge on any atom is 0.349 e. The average molecular weight is 282 g/mol. The van der Waals surface area contributed by atoms with Crippen LogP contribution in [0.25, 0.3) is 0 Å². The van der Waals surface area contributed by atoms with Crippen LogP contribution in [0.2, 0.25) is 0 Å². The number of nitrogens with two attached hydrogens (primary N) is 1. The fourth-order valence-electron chi connectivity index (χ4n) is 2.52. The number of amides is 1. The fourth-order valence-corrected chi connectivity index (χ4v) is 2.52. The van der Waals surface area contributed by atoms with Crippen molar-refractivity contribution in [3.8, 4) is 0 Å². The number of hydrogen-bond acceptors (Lipinski definition) is 2. The van der Waals surface area contributed by atoms with Gasteiger partial charge in [-0.2, -0.15) is 8.78 Å². The Morgan fingerprint density at radius 2 is 1.95 bits per heavy atom. The SMILES string of the molecule is CC1(C)CN(C(=O)C(F)(F)c2ccccc2)CCC1N. The molecule has 1 aliphatic rings. The third-order valence-electron chi connectivity index (χ3n) is 4.00. The quantitative estimate of drug-likeness (QED) is 0.905. The molecule has 1 atom stereocenters. The van der Waals surface area contributed by atoms with Crippen LogP contribution in [0.15, 0.2) is 30.3 Å². The topological polar surface area (TPSA) is 46.3 Å². The molecule has 110 valence electrons. The van der Waals surface area contributed by atoms with Crippen LogP contribution in [-0.4, -0.2) is 29.9 Å². The van der Waals surface area contributed by atoms with Crippen molar-refractivity contribution in [3.05, 3.63) is 35.9 Å². The largest absolute Gasteiger partial charge is 0.349 e. The molecule has 0 spiro atoms. The summed E-state index contributed by atoms with van der Waals surface area (Å²) in [5.74, 6) is -4.62. The molecule has 1 heterocycles. The van der Waals surface area contributed by atoms with E-state index in [2.05, 4.69) is 0 Å². The highest BCUT2D eigenvalue weighted by Gasteiger charge is 2.46. The number of halogens is 2. The van der Waals surface area contributed by atoms with E-state index < -0.39 is 11.8 Å². The Hall–Kier alpha value is -1.49. The maximum absolute atomic E-state index is 14.3. The second kappa shape index (κ2) is 5.13. The molecule has 1 aliphatic heterocycles. The first-order valence-electron chi connectivity index (χ1n) is 6.73. The molecule has 0 aliphatic carbocycles. The van der Waals surface area contributed by atoms with E-state index in [4.69, 9.17) is 5.73 Å². The minimum atomic E-state index is -3.49. The first-order valence-corrected chi connectivity index (χ1v) is 6.73. The number of rotatable bonds is 2. The van der Waals surface area contributed by atoms with E-state index in [1.807, 2.05) is 13.8 Å². The van der Waals surface area contributed by atoms with E-state index >= 15 is 0 Å². The second-order valence-electron chi connectivity index (χ2n) is 6.05. The van der Waals surface area contributed by atoms with Crippen molar-refractivity contribution in [2.75, 3.05) is 13.1 Å². The molecule has 0 bridgehead atoms. The van der Waals surface area contributed by atoms with E-state index in [0.29, 0.717) is 6.42 Å². The van der Waals surface area contributed by atoms with Gasteiger partial charge in [-0.15, -0.1) is 0 Å². The Labute approximate surface area is 117 Å². The molecule has 20 heavy (non-hydrogen) atoms. The molecule has 0 saturated carbocycles. The van der Waals surface area contributed by atoms with Crippen molar-refractivity contribution in [1.82, 2.24) is 4.90 Å². The van der Waals surface area contributed by atoms with Crippen LogP contribution in [0.5, 0.6) is 0 Å². The summed E-state index contributed by atoms with van der Waals surface area (Å²) in [7, 11) is 0. The maximum atomic E-state index is 14.3. The van der Waals surface area contributed by atoms with Gasteiger partial charge in [-0.25, -0.2) is 0 Å². The predicted molar refractivity (Wildman–Crippen MR) is 73.3 cm³/mol. The molecule has 1 aromatic rings. The summed E-state index contributed by atoms with van der Waals surface area (Å²) in [5, 5.41) is 0. The Morgan fingerprint density at radius 3 is 2.50 bits per heavy atom. The lowest BCUT2D eigenvalue weighted by Gasteiger charge is -2.43. The van der Waals surface area contributed by atoms with Gasteiger partial charge in [0.25, 0.3) is 5.91 Å². The lowest BCUT2D eigenvalue weighted by Crippen LogP contribution is -2.56. The molecule has 1 unspecified atom stereocenters. The summed E-state index contributed by atoms with van der Waals surface area (Å²) >= 11 is 0. The van der Waals surface area contributed by atoms with E-state index in [0.717, 1.165) is 0 Å². The van der Waals surface area contributed by atoms with E-state index in [-0.39, 0.29) is 30.1 Å². The predicted octanol–water partition coefficient (Wildman–Crippen LogP) is 2.36. The highest BCUT2D eigenvalue weighted by Crippen LogP contribution is 2.34. The summed E-state index contributed by atoms with van der Waals surface area (Å²) in [4.78, 5) is 13.4. The zero-order valence-electron chi connectivity index (χ0n) is 11.8. The van der Waals surface area contributed by atoms with Gasteiger partial charge < -0.3 is 10.6 Å². The third kappa shape index (κ3) is 2.68. The number of nitrogens with zero attached hydrogens (tertiary/aromatic N) is 1. The molecule has 1 amide bonds. The number of piperidine rings is 1. The molecule has 2 rings (SSSR count). The molecule has 2 N–H and O–H groups in total. The van der Waals surface area contributed by atoms with Gasteiger partial charge in [0.2, 0.25) is 0 Å². The minimum Gasteiger partial charge on any atom is -0.337 e. The van der Waals surface area contributed by atoms with Gasteiger partial charge >= 0.3 is 5.92 Å². The second-order valence-corrected chi connectivity index (χ2v) is 6.05. The number of carbonyl (C=O) groups excluding carboxylic acids is 1. The number of benzene rings is 1. The number of carbonyl (C=O) groups is 1. The monoisotopic (exact) mass is 282 g/mol. The van der Waals surface area contributed by atoms with Gasteiger partial charge in [0.15, 0.2) is 0 Å². The van der Waals surface area contributed by atoms with Gasteiger partial charge in [0.05, 0.1) is 0 Å². The van der Waals surface area contributed by atoms with Crippen molar-refractivity contribution in [2.45, 2.75) is 32.2 Å². The summed E-state index contributed by atoms with van der Waals surface area (Å²) in [5.41, 5.74) is 5.36. The first-order chi connectivity index (χ1) is 9.25.